The summed E-state index contributed by atoms with van der Waals surface area (Å²) in [6.45, 7) is 4.78. The zero-order valence-electron chi connectivity index (χ0n) is 8.49. The summed E-state index contributed by atoms with van der Waals surface area (Å²) in [5.74, 6) is -0.00602. The normalized spacial score (nSPS) is 17.7. The second kappa shape index (κ2) is 4.17. The summed E-state index contributed by atoms with van der Waals surface area (Å²) in [6, 6.07) is 7.92. The van der Waals surface area contributed by atoms with Gasteiger partial charge in [0.25, 0.3) is 0 Å². The molecule has 1 amide bonds. The highest BCUT2D eigenvalue weighted by molar-refractivity contribution is 5.88. The predicted molar refractivity (Wildman–Crippen MR) is 60.9 cm³/mol. The number of benzene rings is 1. The topological polar surface area (TPSA) is 41.1 Å². The van der Waals surface area contributed by atoms with Crippen LogP contribution in [0.1, 0.15) is 11.5 Å². The van der Waals surface area contributed by atoms with Crippen LogP contribution in [0.25, 0.3) is 0 Å². The van der Waals surface area contributed by atoms with E-state index in [1.807, 2.05) is 24.3 Å². The van der Waals surface area contributed by atoms with E-state index in [1.165, 1.54) is 0 Å². The third-order valence-electron chi connectivity index (χ3n) is 2.57. The Balaban J connectivity index is 2.13. The lowest BCUT2D eigenvalue weighted by atomic mass is 10.0. The van der Waals surface area contributed by atoms with Crippen LogP contribution >= 0.6 is 0 Å². The Bertz CT molecular complexity index is 387. The number of hydrogen-bond donors (Lipinski definition) is 2. The fraction of sp³-hybridized carbons (Fsp3) is 0.250. The van der Waals surface area contributed by atoms with Crippen LogP contribution in [0.4, 0.5) is 5.69 Å². The number of amides is 1. The van der Waals surface area contributed by atoms with Crippen LogP contribution < -0.4 is 10.6 Å². The van der Waals surface area contributed by atoms with E-state index in [-0.39, 0.29) is 11.8 Å². The molecule has 0 saturated carbocycles. The minimum Gasteiger partial charge on any atom is -0.384 e. The van der Waals surface area contributed by atoms with E-state index < -0.39 is 0 Å². The van der Waals surface area contributed by atoms with Crippen molar-refractivity contribution in [1.82, 2.24) is 5.32 Å². The molecule has 2 N–H and O–H groups in total. The van der Waals surface area contributed by atoms with E-state index in [9.17, 15) is 4.79 Å². The fourth-order valence-corrected chi connectivity index (χ4v) is 1.81. The number of rotatable bonds is 3. The lowest BCUT2D eigenvalue weighted by Crippen LogP contribution is -2.30. The summed E-state index contributed by atoms with van der Waals surface area (Å²) in [5, 5.41) is 6.04. The SMILES string of the molecule is C=CCNC(=O)C1CNc2ccccc21. The number of fused-ring (bicyclic) bond motifs is 1. The maximum Gasteiger partial charge on any atom is 0.229 e. The van der Waals surface area contributed by atoms with Gasteiger partial charge in [-0.05, 0) is 11.6 Å². The molecule has 0 aromatic heterocycles. The van der Waals surface area contributed by atoms with Gasteiger partial charge < -0.3 is 10.6 Å². The number of hydrogen-bond acceptors (Lipinski definition) is 2. The highest BCUT2D eigenvalue weighted by atomic mass is 16.1. The molecule has 0 spiro atoms. The van der Waals surface area contributed by atoms with Crippen molar-refractivity contribution in [1.29, 1.82) is 0 Å². The van der Waals surface area contributed by atoms with E-state index >= 15 is 0 Å². The van der Waals surface area contributed by atoms with Gasteiger partial charge in [0, 0.05) is 18.8 Å². The van der Waals surface area contributed by atoms with Crippen molar-refractivity contribution < 1.29 is 4.79 Å². The predicted octanol–water partition coefficient (Wildman–Crippen LogP) is 1.50. The fourth-order valence-electron chi connectivity index (χ4n) is 1.81. The molecule has 0 saturated heterocycles. The third kappa shape index (κ3) is 1.86. The standard InChI is InChI=1S/C12H14N2O/c1-2-7-13-12(15)10-8-14-11-6-4-3-5-9(10)11/h2-6,10,14H,1,7-8H2,(H,13,15). The first-order chi connectivity index (χ1) is 7.33. The van der Waals surface area contributed by atoms with Crippen LogP contribution in [0.2, 0.25) is 0 Å². The average Bonchev–Trinajstić information content (AvgIpc) is 2.69. The van der Waals surface area contributed by atoms with Gasteiger partial charge in [-0.15, -0.1) is 6.58 Å². The van der Waals surface area contributed by atoms with Gasteiger partial charge in [0.05, 0.1) is 5.92 Å². The van der Waals surface area contributed by atoms with Crippen molar-refractivity contribution in [2.45, 2.75) is 5.92 Å². The van der Waals surface area contributed by atoms with Crippen molar-refractivity contribution in [3.8, 4) is 0 Å². The highest BCUT2D eigenvalue weighted by Gasteiger charge is 2.27. The molecule has 0 aliphatic carbocycles. The zero-order valence-corrected chi connectivity index (χ0v) is 8.49. The Morgan fingerprint density at radius 3 is 3.20 bits per heavy atom. The second-order valence-electron chi connectivity index (χ2n) is 3.55. The largest absolute Gasteiger partial charge is 0.384 e. The molecule has 2 rings (SSSR count). The van der Waals surface area contributed by atoms with Crippen LogP contribution in [-0.2, 0) is 4.79 Å². The lowest BCUT2D eigenvalue weighted by molar-refractivity contribution is -0.121. The van der Waals surface area contributed by atoms with E-state index in [0.29, 0.717) is 13.1 Å². The number of para-hydroxylation sites is 1. The average molecular weight is 202 g/mol. The quantitative estimate of drug-likeness (QED) is 0.729. The molecule has 1 aliphatic heterocycles. The van der Waals surface area contributed by atoms with Gasteiger partial charge in [0.2, 0.25) is 5.91 Å². The summed E-state index contributed by atoms with van der Waals surface area (Å²) in [5.41, 5.74) is 2.15. The lowest BCUT2D eigenvalue weighted by Gasteiger charge is -2.09. The Labute approximate surface area is 89.2 Å². The molecule has 3 nitrogen and oxygen atoms in total. The summed E-state index contributed by atoms with van der Waals surface area (Å²) in [4.78, 5) is 11.8. The molecule has 0 bridgehead atoms. The minimum atomic E-state index is -0.0684. The van der Waals surface area contributed by atoms with E-state index in [1.54, 1.807) is 6.08 Å². The Hall–Kier alpha value is -1.77. The van der Waals surface area contributed by atoms with Crippen LogP contribution in [0.5, 0.6) is 0 Å². The Morgan fingerprint density at radius 2 is 2.40 bits per heavy atom. The van der Waals surface area contributed by atoms with E-state index in [0.717, 1.165) is 11.3 Å². The first kappa shape index (κ1) is 9.77. The monoisotopic (exact) mass is 202 g/mol. The molecular formula is C12H14N2O. The maximum absolute atomic E-state index is 11.8. The molecule has 1 unspecified atom stereocenters. The third-order valence-corrected chi connectivity index (χ3v) is 2.57. The van der Waals surface area contributed by atoms with E-state index in [4.69, 9.17) is 0 Å². The van der Waals surface area contributed by atoms with E-state index in [2.05, 4.69) is 17.2 Å². The van der Waals surface area contributed by atoms with Crippen molar-refractivity contribution >= 4 is 11.6 Å². The van der Waals surface area contributed by atoms with Crippen LogP contribution in [0, 0.1) is 0 Å². The molecule has 1 atom stereocenters. The van der Waals surface area contributed by atoms with Crippen molar-refractivity contribution in [2.24, 2.45) is 0 Å². The van der Waals surface area contributed by atoms with Gasteiger partial charge in [-0.1, -0.05) is 24.3 Å². The molecular weight excluding hydrogens is 188 g/mol. The number of carbonyl (C=O) groups is 1. The van der Waals surface area contributed by atoms with Gasteiger partial charge in [-0.25, -0.2) is 0 Å². The minimum absolute atomic E-state index is 0.0624. The zero-order chi connectivity index (χ0) is 10.7. The number of anilines is 1. The molecule has 1 aromatic carbocycles. The second-order valence-corrected chi connectivity index (χ2v) is 3.55. The van der Waals surface area contributed by atoms with Crippen LogP contribution in [0.3, 0.4) is 0 Å². The number of nitrogens with one attached hydrogen (secondary N) is 2. The van der Waals surface area contributed by atoms with Gasteiger partial charge in [0.1, 0.15) is 0 Å². The van der Waals surface area contributed by atoms with Gasteiger partial charge >= 0.3 is 0 Å². The molecule has 15 heavy (non-hydrogen) atoms. The summed E-state index contributed by atoms with van der Waals surface area (Å²) < 4.78 is 0. The van der Waals surface area contributed by atoms with Gasteiger partial charge in [0.15, 0.2) is 0 Å². The van der Waals surface area contributed by atoms with Crippen molar-refractivity contribution in [2.75, 3.05) is 18.4 Å². The molecule has 78 valence electrons. The van der Waals surface area contributed by atoms with Crippen molar-refractivity contribution in [3.63, 3.8) is 0 Å². The Kier molecular flexibility index (Phi) is 2.72. The molecule has 0 fully saturated rings. The molecule has 1 heterocycles. The molecule has 1 aliphatic rings. The highest BCUT2D eigenvalue weighted by Crippen LogP contribution is 2.30. The smallest absolute Gasteiger partial charge is 0.229 e. The molecule has 1 aromatic rings. The van der Waals surface area contributed by atoms with Gasteiger partial charge in [-0.2, -0.15) is 0 Å². The first-order valence-electron chi connectivity index (χ1n) is 5.04. The first-order valence-corrected chi connectivity index (χ1v) is 5.04. The van der Waals surface area contributed by atoms with Crippen molar-refractivity contribution in [3.05, 3.63) is 42.5 Å². The van der Waals surface area contributed by atoms with Crippen LogP contribution in [0.15, 0.2) is 36.9 Å². The maximum atomic E-state index is 11.8. The van der Waals surface area contributed by atoms with Crippen LogP contribution in [-0.4, -0.2) is 19.0 Å². The molecule has 0 radical (unpaired) electrons. The number of carbonyl (C=O) groups excluding carboxylic acids is 1. The molecule has 3 heteroatoms. The Morgan fingerprint density at radius 1 is 1.60 bits per heavy atom. The summed E-state index contributed by atoms with van der Waals surface area (Å²) >= 11 is 0. The van der Waals surface area contributed by atoms with Gasteiger partial charge in [-0.3, -0.25) is 4.79 Å². The summed E-state index contributed by atoms with van der Waals surface area (Å²) in [6.07, 6.45) is 1.69. The summed E-state index contributed by atoms with van der Waals surface area (Å²) in [7, 11) is 0.